The first-order valence-electron chi connectivity index (χ1n) is 8.98. The molecule has 0 bridgehead atoms. The molecule has 1 heterocycles. The maximum Gasteiger partial charge on any atom is 0.0396 e. The van der Waals surface area contributed by atoms with E-state index >= 15 is 0 Å². The van der Waals surface area contributed by atoms with Gasteiger partial charge in [0.05, 0.1) is 0 Å². The van der Waals surface area contributed by atoms with Gasteiger partial charge in [-0.3, -0.25) is 0 Å². The van der Waals surface area contributed by atoms with E-state index in [1.165, 1.54) is 36.5 Å². The molecule has 1 aliphatic carbocycles. The average molecular weight is 345 g/mol. The molecule has 0 saturated heterocycles. The molecule has 0 atom stereocenters. The van der Waals surface area contributed by atoms with E-state index < -0.39 is 0 Å². The van der Waals surface area contributed by atoms with E-state index in [4.69, 9.17) is 0 Å². The van der Waals surface area contributed by atoms with Gasteiger partial charge in [0.15, 0.2) is 0 Å². The van der Waals surface area contributed by atoms with E-state index in [9.17, 15) is 0 Å². The molecule has 2 aromatic carbocycles. The molecule has 0 saturated carbocycles. The van der Waals surface area contributed by atoms with E-state index in [0.29, 0.717) is 5.41 Å². The van der Waals surface area contributed by atoms with Gasteiger partial charge in [0.25, 0.3) is 0 Å². The molecular weight excluding hydrogens is 320 g/mol. The lowest BCUT2D eigenvalue weighted by molar-refractivity contribution is 0.411. The van der Waals surface area contributed by atoms with Crippen molar-refractivity contribution in [3.05, 3.63) is 81.6 Å². The van der Waals surface area contributed by atoms with Crippen LogP contribution in [-0.4, -0.2) is 0 Å². The summed E-state index contributed by atoms with van der Waals surface area (Å²) in [5, 5.41) is 2.75. The molecule has 0 nitrogen and oxygen atoms in total. The number of benzene rings is 2. The van der Waals surface area contributed by atoms with Crippen LogP contribution in [0.25, 0.3) is 21.7 Å². The summed E-state index contributed by atoms with van der Waals surface area (Å²) in [6, 6.07) is 18.0. The van der Waals surface area contributed by atoms with Gasteiger partial charge in [-0.15, -0.1) is 11.3 Å². The Morgan fingerprint density at radius 3 is 2.48 bits per heavy atom. The minimum atomic E-state index is 0.327. The van der Waals surface area contributed by atoms with Crippen LogP contribution in [0.4, 0.5) is 0 Å². The smallest absolute Gasteiger partial charge is 0.0396 e. The van der Waals surface area contributed by atoms with Crippen LogP contribution >= 0.6 is 11.3 Å². The van der Waals surface area contributed by atoms with Crippen molar-refractivity contribution >= 4 is 33.1 Å². The minimum Gasteiger partial charge on any atom is -0.135 e. The van der Waals surface area contributed by atoms with Crippen LogP contribution in [0, 0.1) is 5.41 Å². The molecule has 1 aliphatic rings. The van der Waals surface area contributed by atoms with Crippen LogP contribution in [-0.2, 0) is 6.42 Å². The average Bonchev–Trinajstić information content (AvgIpc) is 2.80. The zero-order chi connectivity index (χ0) is 17.4. The molecule has 3 aromatic rings. The van der Waals surface area contributed by atoms with Crippen molar-refractivity contribution in [2.45, 2.75) is 33.6 Å². The zero-order valence-corrected chi connectivity index (χ0v) is 16.0. The lowest BCUT2D eigenvalue weighted by Crippen LogP contribution is -2.21. The first kappa shape index (κ1) is 16.4. The maximum absolute atomic E-state index is 2.31. The highest BCUT2D eigenvalue weighted by molar-refractivity contribution is 7.17. The third-order valence-electron chi connectivity index (χ3n) is 4.67. The molecule has 0 amide bonds. The Morgan fingerprint density at radius 1 is 0.960 bits per heavy atom. The van der Waals surface area contributed by atoms with Gasteiger partial charge >= 0.3 is 0 Å². The van der Waals surface area contributed by atoms with Crippen molar-refractivity contribution in [3.63, 3.8) is 0 Å². The van der Waals surface area contributed by atoms with E-state index in [-0.39, 0.29) is 0 Å². The fourth-order valence-electron chi connectivity index (χ4n) is 3.58. The van der Waals surface area contributed by atoms with E-state index in [1.54, 1.807) is 0 Å². The highest BCUT2D eigenvalue weighted by atomic mass is 32.1. The van der Waals surface area contributed by atoms with Crippen molar-refractivity contribution in [3.8, 4) is 0 Å². The summed E-state index contributed by atoms with van der Waals surface area (Å²) in [5.41, 5.74) is 4.55. The number of thiophene rings is 1. The predicted molar refractivity (Wildman–Crippen MR) is 111 cm³/mol. The van der Waals surface area contributed by atoms with Crippen molar-refractivity contribution in [2.24, 2.45) is 5.41 Å². The number of hydrogen-bond acceptors (Lipinski definition) is 1. The quantitative estimate of drug-likeness (QED) is 0.581. The number of hydrogen-bond donors (Lipinski definition) is 0. The highest BCUT2D eigenvalue weighted by Crippen LogP contribution is 2.24. The predicted octanol–water partition coefficient (Wildman–Crippen LogP) is 5.43. The summed E-state index contributed by atoms with van der Waals surface area (Å²) in [5.74, 6) is 0. The lowest BCUT2D eigenvalue weighted by atomic mass is 9.87. The largest absolute Gasteiger partial charge is 0.135 e. The summed E-state index contributed by atoms with van der Waals surface area (Å²) >= 11 is 1.92. The summed E-state index contributed by atoms with van der Waals surface area (Å²) in [6.07, 6.45) is 8.87. The van der Waals surface area contributed by atoms with Crippen molar-refractivity contribution < 1.29 is 0 Å². The molecule has 25 heavy (non-hydrogen) atoms. The molecular formula is C24H24S. The van der Waals surface area contributed by atoms with Gasteiger partial charge in [-0.05, 0) is 41.0 Å². The van der Waals surface area contributed by atoms with Crippen LogP contribution in [0.2, 0.25) is 0 Å². The fraction of sp³-hybridized carbons (Fsp3) is 0.250. The number of rotatable bonds is 2. The normalized spacial score (nSPS) is 14.3. The third kappa shape index (κ3) is 3.34. The number of fused-ring (bicyclic) bond motifs is 3. The van der Waals surface area contributed by atoms with Gasteiger partial charge in [-0.1, -0.05) is 81.5 Å². The van der Waals surface area contributed by atoms with Crippen molar-refractivity contribution in [1.82, 2.24) is 0 Å². The summed E-state index contributed by atoms with van der Waals surface area (Å²) in [7, 11) is 0. The second-order valence-corrected chi connectivity index (χ2v) is 9.11. The molecule has 1 aromatic heterocycles. The lowest BCUT2D eigenvalue weighted by Gasteiger charge is -2.18. The van der Waals surface area contributed by atoms with E-state index in [2.05, 4.69) is 87.5 Å². The SMILES string of the molecule is CC(C)(C)Cc1ccc(C2=c3sc4ccccc4c3=CC=CC2)cc1. The highest BCUT2D eigenvalue weighted by Gasteiger charge is 2.12. The Hall–Kier alpha value is -2.12. The van der Waals surface area contributed by atoms with Crippen molar-refractivity contribution in [1.29, 1.82) is 0 Å². The molecule has 0 aliphatic heterocycles. The molecule has 0 spiro atoms. The van der Waals surface area contributed by atoms with Crippen LogP contribution < -0.4 is 9.75 Å². The Balaban J connectivity index is 1.87. The zero-order valence-electron chi connectivity index (χ0n) is 15.2. The van der Waals surface area contributed by atoms with Gasteiger partial charge in [0.2, 0.25) is 0 Å². The van der Waals surface area contributed by atoms with Gasteiger partial charge in [0, 0.05) is 19.8 Å². The Kier molecular flexibility index (Phi) is 4.13. The Labute approximate surface area is 153 Å². The molecule has 0 unspecified atom stereocenters. The maximum atomic E-state index is 2.31. The first-order chi connectivity index (χ1) is 12.0. The van der Waals surface area contributed by atoms with Gasteiger partial charge < -0.3 is 0 Å². The Morgan fingerprint density at radius 2 is 1.72 bits per heavy atom. The summed E-state index contributed by atoms with van der Waals surface area (Å²) in [6.45, 7) is 6.89. The molecule has 0 N–H and O–H groups in total. The standard InChI is InChI=1S/C24H24S/c1-24(2,3)16-17-12-14-18(15-13-17)19-8-4-5-10-21-20-9-6-7-11-22(20)25-23(19)21/h4-7,9-15H,8,16H2,1-3H3. The molecule has 0 radical (unpaired) electrons. The molecule has 1 heteroatoms. The topological polar surface area (TPSA) is 0 Å². The van der Waals surface area contributed by atoms with E-state index in [1.807, 2.05) is 11.3 Å². The monoisotopic (exact) mass is 344 g/mol. The van der Waals surface area contributed by atoms with Crippen molar-refractivity contribution in [2.75, 3.05) is 0 Å². The van der Waals surface area contributed by atoms with Crippen LogP contribution in [0.1, 0.15) is 38.3 Å². The van der Waals surface area contributed by atoms with Gasteiger partial charge in [-0.25, -0.2) is 0 Å². The number of allylic oxidation sites excluding steroid dienone is 2. The third-order valence-corrected chi connectivity index (χ3v) is 5.91. The van der Waals surface area contributed by atoms with Gasteiger partial charge in [-0.2, -0.15) is 0 Å². The van der Waals surface area contributed by atoms with E-state index in [0.717, 1.165) is 12.8 Å². The summed E-state index contributed by atoms with van der Waals surface area (Å²) in [4.78, 5) is 0. The molecule has 126 valence electrons. The second-order valence-electron chi connectivity index (χ2n) is 8.05. The van der Waals surface area contributed by atoms with Crippen LogP contribution in [0.5, 0.6) is 0 Å². The fourth-order valence-corrected chi connectivity index (χ4v) is 4.85. The van der Waals surface area contributed by atoms with Crippen LogP contribution in [0.15, 0.2) is 60.7 Å². The summed E-state index contributed by atoms with van der Waals surface area (Å²) < 4.78 is 2.80. The Bertz CT molecular complexity index is 1050. The second kappa shape index (κ2) is 6.31. The van der Waals surface area contributed by atoms with Crippen LogP contribution in [0.3, 0.4) is 0 Å². The minimum absolute atomic E-state index is 0.327. The first-order valence-corrected chi connectivity index (χ1v) is 9.80. The molecule has 4 rings (SSSR count). The van der Waals surface area contributed by atoms with Gasteiger partial charge in [0.1, 0.15) is 0 Å². The molecule has 0 fully saturated rings.